The number of alkyl carbamates (subject to hydrolysis) is 1. The van der Waals surface area contributed by atoms with Gasteiger partial charge in [-0.2, -0.15) is 5.26 Å². The third kappa shape index (κ3) is 8.56. The monoisotopic (exact) mass is 549 g/mol. The summed E-state index contributed by atoms with van der Waals surface area (Å²) in [6.07, 6.45) is -1.24. The van der Waals surface area contributed by atoms with E-state index in [2.05, 4.69) is 10.6 Å². The number of amides is 4. The number of aryl methyl sites for hydroxylation is 3. The minimum absolute atomic E-state index is 0.145. The standard InChI is InChI=1S/C30H39N5O5/c1-18-10-9-13-22(21(18)4)26(27(37)34-25-19(2)11-8-12-20(25)3)35(17-16-31)28(38)23(14-15-24(32)36)33-29(39)40-30(5,6)7/h8-13,23,26H,14-15,17H2,1-7H3,(H2,32,36)(H,33,39)(H,34,37). The van der Waals surface area contributed by atoms with Gasteiger partial charge in [0.05, 0.1) is 6.07 Å². The number of nitrogens with two attached hydrogens (primary N) is 1. The molecule has 0 aliphatic carbocycles. The number of carbonyl (C=O) groups excluding carboxylic acids is 4. The van der Waals surface area contributed by atoms with Gasteiger partial charge < -0.3 is 26.0 Å². The van der Waals surface area contributed by atoms with E-state index in [1.807, 2.05) is 58.0 Å². The van der Waals surface area contributed by atoms with Gasteiger partial charge in [0.1, 0.15) is 24.2 Å². The van der Waals surface area contributed by atoms with Crippen LogP contribution < -0.4 is 16.4 Å². The van der Waals surface area contributed by atoms with Crippen LogP contribution in [0.5, 0.6) is 0 Å². The van der Waals surface area contributed by atoms with Crippen molar-refractivity contribution in [3.05, 3.63) is 64.2 Å². The Balaban J connectivity index is 2.62. The van der Waals surface area contributed by atoms with E-state index < -0.39 is 48.0 Å². The minimum atomic E-state index is -1.28. The lowest BCUT2D eigenvalue weighted by molar-refractivity contribution is -0.140. The van der Waals surface area contributed by atoms with E-state index in [9.17, 15) is 24.4 Å². The second-order valence-electron chi connectivity index (χ2n) is 10.8. The van der Waals surface area contributed by atoms with Crippen molar-refractivity contribution in [3.8, 4) is 6.07 Å². The zero-order valence-electron chi connectivity index (χ0n) is 24.3. The largest absolute Gasteiger partial charge is 0.444 e. The predicted molar refractivity (Wildman–Crippen MR) is 152 cm³/mol. The van der Waals surface area contributed by atoms with Gasteiger partial charge in [-0.15, -0.1) is 0 Å². The number of para-hydroxylation sites is 1. The SMILES string of the molecule is Cc1cccc(C(C(=O)Nc2c(C)cccc2C)N(CC#N)C(=O)C(CCC(N)=O)NC(=O)OC(C)(C)C)c1C. The molecule has 2 aromatic rings. The molecule has 214 valence electrons. The fourth-order valence-corrected chi connectivity index (χ4v) is 4.29. The highest BCUT2D eigenvalue weighted by molar-refractivity contribution is 6.00. The minimum Gasteiger partial charge on any atom is -0.444 e. The maximum atomic E-state index is 14.0. The number of primary amides is 1. The van der Waals surface area contributed by atoms with Gasteiger partial charge in [0, 0.05) is 12.1 Å². The average molecular weight is 550 g/mol. The Morgan fingerprint density at radius 2 is 1.57 bits per heavy atom. The molecule has 40 heavy (non-hydrogen) atoms. The van der Waals surface area contributed by atoms with Gasteiger partial charge in [-0.05, 0) is 82.7 Å². The van der Waals surface area contributed by atoms with E-state index in [-0.39, 0.29) is 12.8 Å². The lowest BCUT2D eigenvalue weighted by atomic mass is 9.94. The molecule has 0 aromatic heterocycles. The van der Waals surface area contributed by atoms with Crippen molar-refractivity contribution in [1.29, 1.82) is 5.26 Å². The third-order valence-corrected chi connectivity index (χ3v) is 6.42. The highest BCUT2D eigenvalue weighted by atomic mass is 16.6. The summed E-state index contributed by atoms with van der Waals surface area (Å²) in [5.74, 6) is -1.92. The molecule has 0 aliphatic rings. The van der Waals surface area contributed by atoms with E-state index in [1.54, 1.807) is 32.9 Å². The van der Waals surface area contributed by atoms with Crippen molar-refractivity contribution in [2.75, 3.05) is 11.9 Å². The van der Waals surface area contributed by atoms with Crippen LogP contribution in [0.1, 0.15) is 67.5 Å². The number of rotatable bonds is 10. The van der Waals surface area contributed by atoms with Crippen LogP contribution in [0.25, 0.3) is 0 Å². The second-order valence-corrected chi connectivity index (χ2v) is 10.8. The first kappa shape index (κ1) is 31.8. The van der Waals surface area contributed by atoms with E-state index in [1.165, 1.54) is 0 Å². The predicted octanol–water partition coefficient (Wildman–Crippen LogP) is 4.11. The molecule has 0 fully saturated rings. The van der Waals surface area contributed by atoms with Crippen LogP contribution in [0.3, 0.4) is 0 Å². The van der Waals surface area contributed by atoms with Gasteiger partial charge in [0.15, 0.2) is 0 Å². The summed E-state index contributed by atoms with van der Waals surface area (Å²) in [6.45, 7) is 12.0. The number of hydrogen-bond acceptors (Lipinski definition) is 6. The number of ether oxygens (including phenoxy) is 1. The molecule has 0 radical (unpaired) electrons. The van der Waals surface area contributed by atoms with Gasteiger partial charge in [0.2, 0.25) is 11.8 Å². The molecule has 10 heteroatoms. The number of anilines is 1. The molecular formula is C30H39N5O5. The zero-order valence-corrected chi connectivity index (χ0v) is 24.3. The molecule has 2 unspecified atom stereocenters. The van der Waals surface area contributed by atoms with Gasteiger partial charge in [-0.3, -0.25) is 14.4 Å². The maximum Gasteiger partial charge on any atom is 0.408 e. The van der Waals surface area contributed by atoms with Gasteiger partial charge in [-0.25, -0.2) is 4.79 Å². The lowest BCUT2D eigenvalue weighted by Crippen LogP contribution is -2.52. The first-order valence-corrected chi connectivity index (χ1v) is 13.0. The van der Waals surface area contributed by atoms with Gasteiger partial charge in [0.25, 0.3) is 5.91 Å². The molecule has 2 atom stereocenters. The van der Waals surface area contributed by atoms with Crippen molar-refractivity contribution in [1.82, 2.24) is 10.2 Å². The topological polar surface area (TPSA) is 155 Å². The average Bonchev–Trinajstić information content (AvgIpc) is 2.84. The van der Waals surface area contributed by atoms with Crippen LogP contribution in [0.15, 0.2) is 36.4 Å². The number of hydrogen-bond donors (Lipinski definition) is 3. The van der Waals surface area contributed by atoms with Crippen molar-refractivity contribution < 1.29 is 23.9 Å². The summed E-state index contributed by atoms with van der Waals surface area (Å²) in [4.78, 5) is 53.3. The van der Waals surface area contributed by atoms with Crippen LogP contribution >= 0.6 is 0 Å². The van der Waals surface area contributed by atoms with E-state index in [4.69, 9.17) is 10.5 Å². The molecule has 0 saturated heterocycles. The molecule has 0 spiro atoms. The van der Waals surface area contributed by atoms with E-state index in [0.29, 0.717) is 11.3 Å². The number of carbonyl (C=O) groups is 4. The summed E-state index contributed by atoms with van der Waals surface area (Å²) in [5, 5.41) is 15.2. The number of nitrogens with one attached hydrogen (secondary N) is 2. The van der Waals surface area contributed by atoms with Crippen LogP contribution in [-0.2, 0) is 19.1 Å². The normalized spacial score (nSPS) is 12.4. The maximum absolute atomic E-state index is 14.0. The van der Waals surface area contributed by atoms with Crippen molar-refractivity contribution >= 4 is 29.5 Å². The van der Waals surface area contributed by atoms with Crippen LogP contribution in [0.4, 0.5) is 10.5 Å². The fraction of sp³-hybridized carbons (Fsp3) is 0.433. The molecule has 0 saturated carbocycles. The van der Waals surface area contributed by atoms with Crippen LogP contribution in [0, 0.1) is 39.0 Å². The molecular weight excluding hydrogens is 510 g/mol. The first-order valence-electron chi connectivity index (χ1n) is 13.0. The number of benzene rings is 2. The lowest BCUT2D eigenvalue weighted by Gasteiger charge is -2.34. The van der Waals surface area contributed by atoms with Gasteiger partial charge in [-0.1, -0.05) is 36.4 Å². The first-order chi connectivity index (χ1) is 18.7. The summed E-state index contributed by atoms with van der Waals surface area (Å²) in [5.41, 5.74) is 8.94. The Kier molecular flexibility index (Phi) is 10.8. The Morgan fingerprint density at radius 1 is 1.00 bits per heavy atom. The Hall–Kier alpha value is -4.39. The molecule has 0 aliphatic heterocycles. The molecule has 0 bridgehead atoms. The zero-order chi connectivity index (χ0) is 30.2. The summed E-state index contributed by atoms with van der Waals surface area (Å²) < 4.78 is 5.32. The number of nitriles is 1. The fourth-order valence-electron chi connectivity index (χ4n) is 4.29. The van der Waals surface area contributed by atoms with Crippen molar-refractivity contribution in [2.24, 2.45) is 5.73 Å². The van der Waals surface area contributed by atoms with E-state index in [0.717, 1.165) is 27.2 Å². The number of nitrogens with zero attached hydrogens (tertiary/aromatic N) is 2. The smallest absolute Gasteiger partial charge is 0.408 e. The van der Waals surface area contributed by atoms with Crippen LogP contribution in [0.2, 0.25) is 0 Å². The van der Waals surface area contributed by atoms with Gasteiger partial charge >= 0.3 is 6.09 Å². The van der Waals surface area contributed by atoms with Crippen LogP contribution in [-0.4, -0.2) is 46.9 Å². The summed E-state index contributed by atoms with van der Waals surface area (Å²) in [6, 6.07) is 10.5. The second kappa shape index (κ2) is 13.6. The molecule has 2 rings (SSSR count). The van der Waals surface area contributed by atoms with E-state index >= 15 is 0 Å². The molecule has 10 nitrogen and oxygen atoms in total. The Labute approximate surface area is 235 Å². The van der Waals surface area contributed by atoms with Crippen molar-refractivity contribution in [2.45, 2.75) is 79.0 Å². The Bertz CT molecular complexity index is 1290. The molecule has 2 aromatic carbocycles. The Morgan fingerprint density at radius 3 is 2.12 bits per heavy atom. The highest BCUT2D eigenvalue weighted by Crippen LogP contribution is 2.30. The highest BCUT2D eigenvalue weighted by Gasteiger charge is 2.37. The summed E-state index contributed by atoms with van der Waals surface area (Å²) >= 11 is 0. The third-order valence-electron chi connectivity index (χ3n) is 6.42. The molecule has 4 amide bonds. The van der Waals surface area contributed by atoms with Crippen molar-refractivity contribution in [3.63, 3.8) is 0 Å². The molecule has 4 N–H and O–H groups in total. The molecule has 0 heterocycles. The summed E-state index contributed by atoms with van der Waals surface area (Å²) in [7, 11) is 0. The quantitative estimate of drug-likeness (QED) is 0.379.